The van der Waals surface area contributed by atoms with Crippen LogP contribution in [0.5, 0.6) is 5.75 Å². The molecule has 31 heavy (non-hydrogen) atoms. The largest absolute Gasteiger partial charge is 0.490 e. The summed E-state index contributed by atoms with van der Waals surface area (Å²) in [7, 11) is -3.39. The summed E-state index contributed by atoms with van der Waals surface area (Å²) in [6.07, 6.45) is 2.45. The standard InChI is InChI=1S/C21H29FN2O6S/c1-15(17-4-5-18(22)19(12-17)30-13-16-2-3-16)14-31(27,28)11-10-29-9-8-24-7-6-20(25)23-21(24)26/h4-5,12,15-16H,2-3,6-11,13-14H2,1H3,(H,23,25,26)/t15-/m0/s1. The summed E-state index contributed by atoms with van der Waals surface area (Å²) in [6, 6.07) is 4.03. The zero-order valence-electron chi connectivity index (χ0n) is 17.6. The van der Waals surface area contributed by atoms with E-state index in [1.165, 1.54) is 11.0 Å². The highest BCUT2D eigenvalue weighted by molar-refractivity contribution is 7.91. The molecule has 0 spiro atoms. The van der Waals surface area contributed by atoms with Gasteiger partial charge in [0.05, 0.1) is 31.3 Å². The molecule has 0 aromatic heterocycles. The predicted octanol–water partition coefficient (Wildman–Crippen LogP) is 2.09. The van der Waals surface area contributed by atoms with Crippen LogP contribution in [0.3, 0.4) is 0 Å². The Balaban J connectivity index is 1.40. The Morgan fingerprint density at radius 2 is 2.03 bits per heavy atom. The number of carbonyl (C=O) groups excluding carboxylic acids is 2. The number of halogens is 1. The van der Waals surface area contributed by atoms with Crippen molar-refractivity contribution >= 4 is 21.8 Å². The van der Waals surface area contributed by atoms with Crippen LogP contribution in [0.15, 0.2) is 18.2 Å². The van der Waals surface area contributed by atoms with E-state index >= 15 is 0 Å². The van der Waals surface area contributed by atoms with E-state index in [-0.39, 0.29) is 55.3 Å². The number of hydrogen-bond donors (Lipinski definition) is 1. The fraction of sp³-hybridized carbons (Fsp3) is 0.619. The maximum absolute atomic E-state index is 14.0. The van der Waals surface area contributed by atoms with Crippen molar-refractivity contribution < 1.29 is 31.9 Å². The van der Waals surface area contributed by atoms with E-state index in [1.54, 1.807) is 19.1 Å². The lowest BCUT2D eigenvalue weighted by atomic mass is 10.0. The smallest absolute Gasteiger partial charge is 0.324 e. The van der Waals surface area contributed by atoms with Gasteiger partial charge in [0.15, 0.2) is 21.4 Å². The third kappa shape index (κ3) is 7.46. The van der Waals surface area contributed by atoms with E-state index in [2.05, 4.69) is 5.32 Å². The first-order valence-electron chi connectivity index (χ1n) is 10.5. The first-order valence-corrected chi connectivity index (χ1v) is 12.3. The number of benzene rings is 1. The molecule has 2 aliphatic rings. The van der Waals surface area contributed by atoms with Crippen molar-refractivity contribution in [2.75, 3.05) is 44.4 Å². The quantitative estimate of drug-likeness (QED) is 0.483. The Hall–Kier alpha value is -2.20. The molecule has 3 amide bonds. The number of nitrogens with one attached hydrogen (secondary N) is 1. The van der Waals surface area contributed by atoms with Gasteiger partial charge in [-0.1, -0.05) is 13.0 Å². The van der Waals surface area contributed by atoms with Crippen molar-refractivity contribution in [1.82, 2.24) is 10.2 Å². The lowest BCUT2D eigenvalue weighted by Gasteiger charge is -2.26. The van der Waals surface area contributed by atoms with Crippen LogP contribution in [-0.2, 0) is 19.4 Å². The Kier molecular flexibility index (Phi) is 7.88. The average Bonchev–Trinajstić information content (AvgIpc) is 3.52. The summed E-state index contributed by atoms with van der Waals surface area (Å²) >= 11 is 0. The number of nitrogens with zero attached hydrogens (tertiary/aromatic N) is 1. The molecule has 1 atom stereocenters. The molecule has 1 aromatic rings. The first kappa shape index (κ1) is 23.5. The minimum atomic E-state index is -3.39. The van der Waals surface area contributed by atoms with Crippen molar-refractivity contribution in [3.8, 4) is 5.75 Å². The van der Waals surface area contributed by atoms with Crippen molar-refractivity contribution in [3.05, 3.63) is 29.6 Å². The van der Waals surface area contributed by atoms with Crippen molar-refractivity contribution in [2.24, 2.45) is 5.92 Å². The molecule has 0 bridgehead atoms. The molecular weight excluding hydrogens is 427 g/mol. The Morgan fingerprint density at radius 1 is 1.26 bits per heavy atom. The van der Waals surface area contributed by atoms with Gasteiger partial charge in [-0.2, -0.15) is 0 Å². The lowest BCUT2D eigenvalue weighted by Crippen LogP contribution is -2.50. The highest BCUT2D eigenvalue weighted by Gasteiger charge is 2.24. The van der Waals surface area contributed by atoms with Gasteiger partial charge < -0.3 is 14.4 Å². The maximum atomic E-state index is 14.0. The molecule has 1 aromatic carbocycles. The van der Waals surface area contributed by atoms with Gasteiger partial charge in [-0.05, 0) is 42.4 Å². The third-order valence-corrected chi connectivity index (χ3v) is 7.18. The fourth-order valence-corrected chi connectivity index (χ4v) is 4.76. The van der Waals surface area contributed by atoms with E-state index in [4.69, 9.17) is 9.47 Å². The molecule has 1 heterocycles. The number of imide groups is 1. The van der Waals surface area contributed by atoms with Gasteiger partial charge in [-0.25, -0.2) is 17.6 Å². The van der Waals surface area contributed by atoms with Crippen LogP contribution in [0.4, 0.5) is 9.18 Å². The number of hydrogen-bond acceptors (Lipinski definition) is 6. The van der Waals surface area contributed by atoms with Gasteiger partial charge in [-0.15, -0.1) is 0 Å². The van der Waals surface area contributed by atoms with Crippen molar-refractivity contribution in [3.63, 3.8) is 0 Å². The van der Waals surface area contributed by atoms with Crippen LogP contribution < -0.4 is 10.1 Å². The van der Waals surface area contributed by atoms with Crippen molar-refractivity contribution in [1.29, 1.82) is 0 Å². The summed E-state index contributed by atoms with van der Waals surface area (Å²) in [5.74, 6) is -0.629. The van der Waals surface area contributed by atoms with E-state index in [1.807, 2.05) is 0 Å². The monoisotopic (exact) mass is 456 g/mol. The first-order chi connectivity index (χ1) is 14.7. The minimum Gasteiger partial charge on any atom is -0.490 e. The van der Waals surface area contributed by atoms with Gasteiger partial charge >= 0.3 is 6.03 Å². The highest BCUT2D eigenvalue weighted by Crippen LogP contribution is 2.31. The molecular formula is C21H29FN2O6S. The predicted molar refractivity (Wildman–Crippen MR) is 112 cm³/mol. The van der Waals surface area contributed by atoms with E-state index in [0.717, 1.165) is 12.8 Å². The summed E-state index contributed by atoms with van der Waals surface area (Å²) in [4.78, 5) is 24.2. The molecule has 1 saturated heterocycles. The molecule has 1 aliphatic carbocycles. The van der Waals surface area contributed by atoms with Gasteiger partial charge in [0, 0.05) is 19.5 Å². The van der Waals surface area contributed by atoms with Gasteiger partial charge in [-0.3, -0.25) is 10.1 Å². The van der Waals surface area contributed by atoms with E-state index in [0.29, 0.717) is 24.6 Å². The zero-order chi connectivity index (χ0) is 22.4. The van der Waals surface area contributed by atoms with E-state index in [9.17, 15) is 22.4 Å². The number of amides is 3. The Bertz CT molecular complexity index is 903. The lowest BCUT2D eigenvalue weighted by molar-refractivity contribution is -0.121. The van der Waals surface area contributed by atoms with Crippen LogP contribution in [0.25, 0.3) is 0 Å². The van der Waals surface area contributed by atoms with Gasteiger partial charge in [0.1, 0.15) is 0 Å². The summed E-state index contributed by atoms with van der Waals surface area (Å²) in [6.45, 7) is 3.09. The number of ether oxygens (including phenoxy) is 2. The Labute approximate surface area is 182 Å². The molecule has 1 aliphatic heterocycles. The zero-order valence-corrected chi connectivity index (χ0v) is 18.5. The maximum Gasteiger partial charge on any atom is 0.324 e. The molecule has 1 saturated carbocycles. The Morgan fingerprint density at radius 3 is 2.74 bits per heavy atom. The third-order valence-electron chi connectivity index (χ3n) is 5.39. The van der Waals surface area contributed by atoms with Crippen LogP contribution in [0.2, 0.25) is 0 Å². The molecule has 10 heteroatoms. The second-order valence-electron chi connectivity index (χ2n) is 8.16. The minimum absolute atomic E-state index is 0.0165. The van der Waals surface area contributed by atoms with Crippen LogP contribution in [0.1, 0.15) is 37.7 Å². The van der Waals surface area contributed by atoms with Crippen LogP contribution in [-0.4, -0.2) is 69.7 Å². The second-order valence-corrected chi connectivity index (χ2v) is 10.4. The molecule has 0 unspecified atom stereocenters. The summed E-state index contributed by atoms with van der Waals surface area (Å²) < 4.78 is 49.8. The van der Waals surface area contributed by atoms with Gasteiger partial charge in [0.2, 0.25) is 5.91 Å². The van der Waals surface area contributed by atoms with Crippen molar-refractivity contribution in [2.45, 2.75) is 32.1 Å². The van der Waals surface area contributed by atoms with E-state index < -0.39 is 21.7 Å². The number of carbonyl (C=O) groups is 2. The van der Waals surface area contributed by atoms with Crippen LogP contribution >= 0.6 is 0 Å². The second kappa shape index (κ2) is 10.4. The molecule has 0 radical (unpaired) electrons. The molecule has 2 fully saturated rings. The number of urea groups is 1. The molecule has 8 nitrogen and oxygen atoms in total. The van der Waals surface area contributed by atoms with Crippen LogP contribution in [0, 0.1) is 11.7 Å². The summed E-state index contributed by atoms with van der Waals surface area (Å²) in [5.41, 5.74) is 0.711. The molecule has 3 rings (SSSR count). The average molecular weight is 457 g/mol. The number of sulfone groups is 1. The fourth-order valence-electron chi connectivity index (χ4n) is 3.26. The highest BCUT2D eigenvalue weighted by atomic mass is 32.2. The molecule has 172 valence electrons. The SMILES string of the molecule is C[C@@H](CS(=O)(=O)CCOCCN1CCC(=O)NC1=O)c1ccc(F)c(OCC2CC2)c1. The molecule has 1 N–H and O–H groups in total. The summed E-state index contributed by atoms with van der Waals surface area (Å²) in [5, 5.41) is 2.22. The normalized spacial score (nSPS) is 18.1. The topological polar surface area (TPSA) is 102 Å². The van der Waals surface area contributed by atoms with Gasteiger partial charge in [0.25, 0.3) is 0 Å². The number of rotatable bonds is 12.